The molecule has 1 atom stereocenters. The Balaban J connectivity index is 1.61. The van der Waals surface area contributed by atoms with E-state index in [1.807, 2.05) is 41.9 Å². The number of aromatic nitrogens is 2. The van der Waals surface area contributed by atoms with Gasteiger partial charge in [0.25, 0.3) is 5.69 Å². The Hall–Kier alpha value is -4.72. The summed E-state index contributed by atoms with van der Waals surface area (Å²) in [6.45, 7) is 0.136. The van der Waals surface area contributed by atoms with Crippen LogP contribution in [0.2, 0.25) is 0 Å². The van der Waals surface area contributed by atoms with Crippen LogP contribution in [0.25, 0.3) is 21.2 Å². The van der Waals surface area contributed by atoms with Crippen molar-refractivity contribution < 1.29 is 14.4 Å². The maximum absolute atomic E-state index is 11.8. The lowest BCUT2D eigenvalue weighted by Crippen LogP contribution is -2.40. The first kappa shape index (κ1) is 22.7. The van der Waals surface area contributed by atoms with E-state index in [1.54, 1.807) is 42.9 Å². The molecule has 0 radical (unpaired) electrons. The fourth-order valence-electron chi connectivity index (χ4n) is 4.69. The number of hydrogen-bond donors (Lipinski definition) is 1. The summed E-state index contributed by atoms with van der Waals surface area (Å²) in [7, 11) is 1.86. The highest BCUT2D eigenvalue weighted by molar-refractivity contribution is 7.19. The van der Waals surface area contributed by atoms with Gasteiger partial charge in [-0.25, -0.2) is 4.98 Å². The number of rotatable bonds is 5. The number of nitrogens with zero attached hydrogens (tertiary/aromatic N) is 4. The number of nitro benzene ring substituents is 1. The van der Waals surface area contributed by atoms with Crippen LogP contribution in [0.4, 0.5) is 5.69 Å². The average Bonchev–Trinajstić information content (AvgIpc) is 3.66. The standard InChI is InChI=1S/C27H19N5O4S/c1-31-14-30-13-25(31)27(29,18-5-2-16(12-28)3-6-18)26-11-21-20(9-19(32(33)34)10-24(21)37-26)17-4-7-22-23(8-17)36-15-35-22/h2-11,13-14H,15,29H2,1H3. The normalized spacial score (nSPS) is 13.9. The van der Waals surface area contributed by atoms with E-state index in [1.165, 1.54) is 11.3 Å². The van der Waals surface area contributed by atoms with Crippen molar-refractivity contribution in [3.8, 4) is 28.7 Å². The molecule has 3 heterocycles. The van der Waals surface area contributed by atoms with E-state index in [-0.39, 0.29) is 12.5 Å². The van der Waals surface area contributed by atoms with Crippen LogP contribution >= 0.6 is 11.3 Å². The largest absolute Gasteiger partial charge is 0.454 e. The molecule has 5 aromatic rings. The van der Waals surface area contributed by atoms with Crippen LogP contribution in [0.5, 0.6) is 11.5 Å². The van der Waals surface area contributed by atoms with Gasteiger partial charge in [-0.2, -0.15) is 5.26 Å². The summed E-state index contributed by atoms with van der Waals surface area (Å²) >= 11 is 1.39. The number of aryl methyl sites for hydroxylation is 1. The number of thiophene rings is 1. The van der Waals surface area contributed by atoms with E-state index in [9.17, 15) is 15.4 Å². The van der Waals surface area contributed by atoms with Crippen molar-refractivity contribution >= 4 is 27.1 Å². The summed E-state index contributed by atoms with van der Waals surface area (Å²) in [5, 5.41) is 21.9. The van der Waals surface area contributed by atoms with Gasteiger partial charge in [-0.3, -0.25) is 10.1 Å². The molecular formula is C27H19N5O4S. The molecule has 2 aromatic heterocycles. The molecule has 3 aromatic carbocycles. The van der Waals surface area contributed by atoms with Crippen molar-refractivity contribution in [3.63, 3.8) is 0 Å². The van der Waals surface area contributed by atoms with Crippen LogP contribution in [0.3, 0.4) is 0 Å². The van der Waals surface area contributed by atoms with Gasteiger partial charge in [0.05, 0.1) is 34.8 Å². The zero-order valence-electron chi connectivity index (χ0n) is 19.5. The van der Waals surface area contributed by atoms with Crippen LogP contribution in [-0.2, 0) is 12.6 Å². The van der Waals surface area contributed by atoms with Gasteiger partial charge in [-0.05, 0) is 47.0 Å². The number of fused-ring (bicyclic) bond motifs is 2. The Bertz CT molecular complexity index is 1730. The molecule has 6 rings (SSSR count). The number of benzene rings is 3. The van der Waals surface area contributed by atoms with Gasteiger partial charge in [0, 0.05) is 34.1 Å². The third-order valence-corrected chi connectivity index (χ3v) is 7.81. The molecule has 1 aliphatic heterocycles. The highest BCUT2D eigenvalue weighted by atomic mass is 32.1. The molecule has 9 nitrogen and oxygen atoms in total. The topological polar surface area (TPSA) is 129 Å². The highest BCUT2D eigenvalue weighted by Crippen LogP contribution is 2.45. The van der Waals surface area contributed by atoms with Crippen molar-refractivity contribution in [2.24, 2.45) is 12.8 Å². The summed E-state index contributed by atoms with van der Waals surface area (Å²) in [5.41, 5.74) is 9.56. The lowest BCUT2D eigenvalue weighted by atomic mass is 9.85. The maximum Gasteiger partial charge on any atom is 0.271 e. The van der Waals surface area contributed by atoms with Crippen molar-refractivity contribution in [1.29, 1.82) is 5.26 Å². The summed E-state index contributed by atoms with van der Waals surface area (Å²) in [4.78, 5) is 16.5. The van der Waals surface area contributed by atoms with E-state index in [0.29, 0.717) is 22.6 Å². The molecule has 0 saturated carbocycles. The number of non-ortho nitro benzene ring substituents is 1. The molecule has 2 N–H and O–H groups in total. The molecule has 1 unspecified atom stereocenters. The second kappa shape index (κ2) is 8.44. The van der Waals surface area contributed by atoms with Gasteiger partial charge in [0.15, 0.2) is 11.5 Å². The van der Waals surface area contributed by atoms with E-state index in [4.69, 9.17) is 15.2 Å². The Morgan fingerprint density at radius 2 is 1.92 bits per heavy atom. The first-order valence-electron chi connectivity index (χ1n) is 11.3. The van der Waals surface area contributed by atoms with Crippen LogP contribution in [0, 0.1) is 21.4 Å². The number of ether oxygens (including phenoxy) is 2. The summed E-state index contributed by atoms with van der Waals surface area (Å²) in [5.74, 6) is 1.22. The third kappa shape index (κ3) is 3.60. The Labute approximate surface area is 215 Å². The van der Waals surface area contributed by atoms with Gasteiger partial charge >= 0.3 is 0 Å². The fraction of sp³-hybridized carbons (Fsp3) is 0.111. The average molecular weight is 510 g/mol. The zero-order valence-corrected chi connectivity index (χ0v) is 20.4. The SMILES string of the molecule is Cn1cncc1C(N)(c1ccc(C#N)cc1)c1cc2c(-c3ccc4c(c3)OCO4)cc([N+](=O)[O-])cc2s1. The third-order valence-electron chi connectivity index (χ3n) is 6.60. The molecule has 10 heteroatoms. The quantitative estimate of drug-likeness (QED) is 0.259. The van der Waals surface area contributed by atoms with Gasteiger partial charge in [0.2, 0.25) is 6.79 Å². The fourth-order valence-corrected chi connectivity index (χ4v) is 5.94. The lowest BCUT2D eigenvalue weighted by molar-refractivity contribution is -0.384. The van der Waals surface area contributed by atoms with Crippen LogP contribution < -0.4 is 15.2 Å². The molecule has 1 aliphatic rings. The number of nitriles is 1. The molecule has 0 bridgehead atoms. The van der Waals surface area contributed by atoms with E-state index < -0.39 is 10.5 Å². The van der Waals surface area contributed by atoms with Crippen molar-refractivity contribution in [3.05, 3.63) is 105 Å². The van der Waals surface area contributed by atoms with E-state index in [2.05, 4.69) is 11.1 Å². The minimum atomic E-state index is -1.12. The first-order chi connectivity index (χ1) is 17.9. The first-order valence-corrected chi connectivity index (χ1v) is 12.1. The highest BCUT2D eigenvalue weighted by Gasteiger charge is 2.37. The Morgan fingerprint density at radius 3 is 2.62 bits per heavy atom. The second-order valence-electron chi connectivity index (χ2n) is 8.73. The second-order valence-corrected chi connectivity index (χ2v) is 9.81. The smallest absolute Gasteiger partial charge is 0.271 e. The van der Waals surface area contributed by atoms with Gasteiger partial charge in [-0.1, -0.05) is 18.2 Å². The minimum absolute atomic E-state index is 0.0184. The minimum Gasteiger partial charge on any atom is -0.454 e. The summed E-state index contributed by atoms with van der Waals surface area (Å²) < 4.78 is 13.6. The Morgan fingerprint density at radius 1 is 1.14 bits per heavy atom. The van der Waals surface area contributed by atoms with Crippen LogP contribution in [-0.4, -0.2) is 21.3 Å². The van der Waals surface area contributed by atoms with Crippen molar-refractivity contribution in [2.75, 3.05) is 6.79 Å². The van der Waals surface area contributed by atoms with Crippen LogP contribution in [0.15, 0.2) is 73.2 Å². The zero-order chi connectivity index (χ0) is 25.7. The molecule has 0 amide bonds. The summed E-state index contributed by atoms with van der Waals surface area (Å²) in [6.07, 6.45) is 3.39. The van der Waals surface area contributed by atoms with Crippen LogP contribution in [0.1, 0.15) is 21.7 Å². The molecular weight excluding hydrogens is 490 g/mol. The monoisotopic (exact) mass is 509 g/mol. The number of imidazole rings is 1. The summed E-state index contributed by atoms with van der Waals surface area (Å²) in [6, 6.07) is 19.9. The number of nitrogens with two attached hydrogens (primary N) is 1. The van der Waals surface area contributed by atoms with Gasteiger partial charge < -0.3 is 19.8 Å². The van der Waals surface area contributed by atoms with Gasteiger partial charge in [-0.15, -0.1) is 11.3 Å². The predicted octanol–water partition coefficient (Wildman–Crippen LogP) is 5.06. The van der Waals surface area contributed by atoms with Crippen molar-refractivity contribution in [2.45, 2.75) is 5.54 Å². The molecule has 0 fully saturated rings. The maximum atomic E-state index is 11.8. The number of nitro groups is 1. The number of hydrogen-bond acceptors (Lipinski definition) is 8. The van der Waals surface area contributed by atoms with E-state index in [0.717, 1.165) is 31.8 Å². The molecule has 37 heavy (non-hydrogen) atoms. The van der Waals surface area contributed by atoms with Gasteiger partial charge in [0.1, 0.15) is 5.54 Å². The van der Waals surface area contributed by atoms with E-state index >= 15 is 0 Å². The Kier molecular flexibility index (Phi) is 5.19. The lowest BCUT2D eigenvalue weighted by Gasteiger charge is -2.29. The molecule has 182 valence electrons. The predicted molar refractivity (Wildman–Crippen MR) is 138 cm³/mol. The molecule has 0 saturated heterocycles. The van der Waals surface area contributed by atoms with Crippen molar-refractivity contribution in [1.82, 2.24) is 9.55 Å². The molecule has 0 spiro atoms. The molecule has 0 aliphatic carbocycles.